The first-order chi connectivity index (χ1) is 11.3. The van der Waals surface area contributed by atoms with Crippen LogP contribution in [0, 0.1) is 0 Å². The summed E-state index contributed by atoms with van der Waals surface area (Å²) in [4.78, 5) is 5.08. The molecule has 23 heavy (non-hydrogen) atoms. The summed E-state index contributed by atoms with van der Waals surface area (Å²) in [5.41, 5.74) is 2.16. The topological polar surface area (TPSA) is 12.9 Å². The largest absolute Gasteiger partial charge is 0.247 e. The molecule has 0 spiro atoms. The fourth-order valence-corrected chi connectivity index (χ4v) is 3.91. The van der Waals surface area contributed by atoms with E-state index in [2.05, 4.69) is 89.1 Å². The Bertz CT molecular complexity index is 1130. The summed E-state index contributed by atoms with van der Waals surface area (Å²) in [6.07, 6.45) is 0. The summed E-state index contributed by atoms with van der Waals surface area (Å²) in [5.74, 6) is 0. The first-order valence-electron chi connectivity index (χ1n) is 7.71. The third kappa shape index (κ3) is 1.83. The van der Waals surface area contributed by atoms with E-state index in [9.17, 15) is 0 Å². The van der Waals surface area contributed by atoms with Gasteiger partial charge in [0.25, 0.3) is 0 Å². The molecule has 0 aliphatic carbocycles. The molecule has 0 saturated heterocycles. The van der Waals surface area contributed by atoms with Crippen LogP contribution in [-0.2, 0) is 0 Å². The number of rotatable bonds is 0. The van der Waals surface area contributed by atoms with Gasteiger partial charge in [-0.05, 0) is 21.5 Å². The zero-order valence-corrected chi connectivity index (χ0v) is 13.6. The molecule has 0 N–H and O–H groups in total. The number of fused-ring (bicyclic) bond motifs is 6. The lowest BCUT2D eigenvalue weighted by molar-refractivity contribution is 1.54. The lowest BCUT2D eigenvalue weighted by Gasteiger charge is -2.12. The minimum absolute atomic E-state index is 1.08. The van der Waals surface area contributed by atoms with Crippen molar-refractivity contribution < 1.29 is 0 Å². The average Bonchev–Trinajstić information content (AvgIpc) is 2.61. The number of pyridine rings is 1. The Morgan fingerprint density at radius 3 is 1.52 bits per heavy atom. The van der Waals surface area contributed by atoms with Gasteiger partial charge in [0.1, 0.15) is 0 Å². The van der Waals surface area contributed by atoms with Crippen molar-refractivity contribution in [3.63, 3.8) is 0 Å². The third-order valence-corrected chi connectivity index (χ3v) is 5.23. The lowest BCUT2D eigenvalue weighted by atomic mass is 10.0. The Hall–Kier alpha value is -2.40. The van der Waals surface area contributed by atoms with Crippen LogP contribution in [0.25, 0.3) is 43.4 Å². The van der Waals surface area contributed by atoms with Gasteiger partial charge in [-0.25, -0.2) is 4.98 Å². The molecule has 0 saturated carbocycles. The van der Waals surface area contributed by atoms with Crippen LogP contribution in [0.3, 0.4) is 0 Å². The first kappa shape index (κ1) is 13.1. The second kappa shape index (κ2) is 4.80. The van der Waals surface area contributed by atoms with E-state index in [-0.39, 0.29) is 0 Å². The molecule has 2 radical (unpaired) electrons. The van der Waals surface area contributed by atoms with Gasteiger partial charge in [0.05, 0.1) is 11.0 Å². The second-order valence-corrected chi connectivity index (χ2v) is 6.47. The Kier molecular flexibility index (Phi) is 2.73. The van der Waals surface area contributed by atoms with E-state index in [4.69, 9.17) is 4.98 Å². The predicted molar refractivity (Wildman–Crippen MR) is 99.6 cm³/mol. The van der Waals surface area contributed by atoms with Crippen LogP contribution in [0.1, 0.15) is 0 Å². The molecule has 104 valence electrons. The van der Waals surface area contributed by atoms with E-state index < -0.39 is 0 Å². The summed E-state index contributed by atoms with van der Waals surface area (Å²) in [5, 5.41) is 7.30. The second-order valence-electron chi connectivity index (χ2n) is 5.89. The van der Waals surface area contributed by atoms with Gasteiger partial charge in [-0.15, -0.1) is 4.43 Å². The van der Waals surface area contributed by atoms with E-state index in [0.717, 1.165) is 11.0 Å². The van der Waals surface area contributed by atoms with Gasteiger partial charge < -0.3 is 0 Å². The molecule has 2 heteroatoms. The molecular weight excluding hydrogens is 293 g/mol. The Balaban J connectivity index is 2.10. The minimum atomic E-state index is 1.08. The van der Waals surface area contributed by atoms with Gasteiger partial charge in [-0.1, -0.05) is 72.8 Å². The number of aromatic nitrogens is 1. The summed E-state index contributed by atoms with van der Waals surface area (Å²) < 4.78 is 1.22. The quantitative estimate of drug-likeness (QED) is 0.233. The zero-order valence-electron chi connectivity index (χ0n) is 12.5. The van der Waals surface area contributed by atoms with Crippen LogP contribution < -0.4 is 4.43 Å². The van der Waals surface area contributed by atoms with Crippen molar-refractivity contribution in [1.29, 1.82) is 0 Å². The molecule has 0 aliphatic rings. The molecule has 0 fully saturated rings. The standard InChI is InChI=1S/C21H12N.Al/c1-3-7-18-14(5-1)9-11-16-13-17-12-10-15-6-2-4-8-19(15)21(17)22-20(16)18;/h1-12H;. The molecule has 5 aromatic rings. The minimum Gasteiger partial charge on any atom is -0.247 e. The summed E-state index contributed by atoms with van der Waals surface area (Å²) in [7, 11) is 0. The van der Waals surface area contributed by atoms with Gasteiger partial charge in [-0.2, -0.15) is 0 Å². The smallest absolute Gasteiger partial charge is 0.177 e. The molecule has 1 nitrogen and oxygen atoms in total. The highest BCUT2D eigenvalue weighted by molar-refractivity contribution is 6.46. The van der Waals surface area contributed by atoms with E-state index in [1.165, 1.54) is 36.7 Å². The fraction of sp³-hybridized carbons (Fsp3) is 0. The first-order valence-corrected chi connectivity index (χ1v) is 8.29. The van der Waals surface area contributed by atoms with E-state index in [0.29, 0.717) is 0 Å². The maximum atomic E-state index is 5.08. The Morgan fingerprint density at radius 1 is 0.522 bits per heavy atom. The average molecular weight is 305 g/mol. The van der Waals surface area contributed by atoms with Crippen molar-refractivity contribution in [3.05, 3.63) is 72.8 Å². The van der Waals surface area contributed by atoms with Crippen LogP contribution in [0.5, 0.6) is 0 Å². The van der Waals surface area contributed by atoms with Crippen LogP contribution in [0.15, 0.2) is 72.8 Å². The molecule has 1 aromatic heterocycles. The molecule has 0 amide bonds. The summed E-state index contributed by atoms with van der Waals surface area (Å²) in [6, 6.07) is 25.6. The number of nitrogens with zero attached hydrogens (tertiary/aromatic N) is 1. The SMILES string of the molecule is [Al][c]1c2ccc3ccccc3c2nc2c1ccc1ccccc12. The van der Waals surface area contributed by atoms with E-state index in [1.54, 1.807) is 0 Å². The maximum Gasteiger partial charge on any atom is 0.177 e. The van der Waals surface area contributed by atoms with Gasteiger partial charge in [0.15, 0.2) is 16.3 Å². The van der Waals surface area contributed by atoms with Gasteiger partial charge >= 0.3 is 0 Å². The Morgan fingerprint density at radius 2 is 1.00 bits per heavy atom. The van der Waals surface area contributed by atoms with E-state index in [1.807, 2.05) is 0 Å². The van der Waals surface area contributed by atoms with Crippen molar-refractivity contribution in [2.24, 2.45) is 0 Å². The van der Waals surface area contributed by atoms with Gasteiger partial charge in [-0.3, -0.25) is 0 Å². The normalized spacial score (nSPS) is 11.7. The van der Waals surface area contributed by atoms with Gasteiger partial charge in [0.2, 0.25) is 0 Å². The maximum absolute atomic E-state index is 5.08. The highest BCUT2D eigenvalue weighted by atomic mass is 27.0. The van der Waals surface area contributed by atoms with Crippen LogP contribution >= 0.6 is 0 Å². The highest BCUT2D eigenvalue weighted by Gasteiger charge is 2.09. The van der Waals surface area contributed by atoms with Crippen molar-refractivity contribution in [2.75, 3.05) is 0 Å². The fourth-order valence-electron chi connectivity index (χ4n) is 3.44. The number of hydrogen-bond donors (Lipinski definition) is 0. The summed E-state index contributed by atoms with van der Waals surface area (Å²) >= 11 is 2.92. The van der Waals surface area contributed by atoms with Crippen molar-refractivity contribution in [2.45, 2.75) is 0 Å². The van der Waals surface area contributed by atoms with Crippen LogP contribution in [0.2, 0.25) is 0 Å². The van der Waals surface area contributed by atoms with Crippen molar-refractivity contribution >= 4 is 64.1 Å². The molecule has 4 aromatic carbocycles. The highest BCUT2D eigenvalue weighted by Crippen LogP contribution is 2.28. The monoisotopic (exact) mass is 305 g/mol. The van der Waals surface area contributed by atoms with E-state index >= 15 is 0 Å². The lowest BCUT2D eigenvalue weighted by Crippen LogP contribution is -2.08. The van der Waals surface area contributed by atoms with Crippen LogP contribution in [-0.4, -0.2) is 21.3 Å². The molecule has 0 aliphatic heterocycles. The van der Waals surface area contributed by atoms with Crippen LogP contribution in [0.4, 0.5) is 0 Å². The molecule has 5 rings (SSSR count). The Labute approximate surface area is 142 Å². The van der Waals surface area contributed by atoms with Crippen molar-refractivity contribution in [3.8, 4) is 0 Å². The molecular formula is C21H12AlN. The van der Waals surface area contributed by atoms with Gasteiger partial charge in [0, 0.05) is 10.8 Å². The molecule has 0 bridgehead atoms. The number of benzene rings is 4. The van der Waals surface area contributed by atoms with Crippen molar-refractivity contribution in [1.82, 2.24) is 4.98 Å². The summed E-state index contributed by atoms with van der Waals surface area (Å²) in [6.45, 7) is 0. The number of hydrogen-bond acceptors (Lipinski definition) is 1. The zero-order chi connectivity index (χ0) is 15.4. The third-order valence-electron chi connectivity index (χ3n) is 4.61. The predicted octanol–water partition coefficient (Wildman–Crippen LogP) is 4.49. The molecule has 1 heterocycles. The molecule has 0 unspecified atom stereocenters. The molecule has 0 atom stereocenters.